The SMILES string of the molecule is CCC1NC(=O)C(C)N(Cc2c(C)nn(C)c2Cl)C1=O. The molecule has 1 aromatic heterocycles. The Morgan fingerprint density at radius 1 is 1.40 bits per heavy atom. The summed E-state index contributed by atoms with van der Waals surface area (Å²) in [5.74, 6) is -0.201. The summed E-state index contributed by atoms with van der Waals surface area (Å²) in [4.78, 5) is 25.9. The summed E-state index contributed by atoms with van der Waals surface area (Å²) in [6.07, 6.45) is 0.577. The van der Waals surface area contributed by atoms with Crippen LogP contribution in [0.5, 0.6) is 0 Å². The molecule has 0 saturated carbocycles. The average molecular weight is 299 g/mol. The summed E-state index contributed by atoms with van der Waals surface area (Å²) in [6.45, 7) is 5.75. The molecule has 2 unspecified atom stereocenters. The quantitative estimate of drug-likeness (QED) is 0.905. The Morgan fingerprint density at radius 2 is 2.05 bits per heavy atom. The van der Waals surface area contributed by atoms with E-state index in [2.05, 4.69) is 10.4 Å². The van der Waals surface area contributed by atoms with Crippen LogP contribution in [-0.4, -0.2) is 38.6 Å². The molecule has 0 aliphatic carbocycles. The average Bonchev–Trinajstić information content (AvgIpc) is 2.64. The Morgan fingerprint density at radius 3 is 2.55 bits per heavy atom. The van der Waals surface area contributed by atoms with Crippen LogP contribution in [0.2, 0.25) is 5.15 Å². The smallest absolute Gasteiger partial charge is 0.246 e. The maximum atomic E-state index is 12.4. The van der Waals surface area contributed by atoms with E-state index >= 15 is 0 Å². The fraction of sp³-hybridized carbons (Fsp3) is 0.615. The highest BCUT2D eigenvalue weighted by molar-refractivity contribution is 6.30. The predicted molar refractivity (Wildman–Crippen MR) is 75.2 cm³/mol. The van der Waals surface area contributed by atoms with Crippen LogP contribution >= 0.6 is 11.6 Å². The largest absolute Gasteiger partial charge is 0.343 e. The van der Waals surface area contributed by atoms with Gasteiger partial charge in [0.05, 0.1) is 12.2 Å². The fourth-order valence-corrected chi connectivity index (χ4v) is 2.64. The van der Waals surface area contributed by atoms with Gasteiger partial charge >= 0.3 is 0 Å². The van der Waals surface area contributed by atoms with Gasteiger partial charge in [0.15, 0.2) is 0 Å². The van der Waals surface area contributed by atoms with Crippen molar-refractivity contribution in [1.29, 1.82) is 0 Å². The summed E-state index contributed by atoms with van der Waals surface area (Å²) >= 11 is 6.20. The first-order valence-electron chi connectivity index (χ1n) is 6.65. The molecule has 110 valence electrons. The zero-order valence-corrected chi connectivity index (χ0v) is 12.9. The van der Waals surface area contributed by atoms with Gasteiger partial charge in [-0.05, 0) is 20.3 Å². The van der Waals surface area contributed by atoms with Crippen LogP contribution in [0.15, 0.2) is 0 Å². The van der Waals surface area contributed by atoms with Crippen molar-refractivity contribution in [1.82, 2.24) is 20.0 Å². The lowest BCUT2D eigenvalue weighted by atomic mass is 10.1. The molecule has 0 bridgehead atoms. The molecule has 1 fully saturated rings. The number of carbonyl (C=O) groups excluding carboxylic acids is 2. The van der Waals surface area contributed by atoms with E-state index in [0.717, 1.165) is 11.3 Å². The Labute approximate surface area is 123 Å². The number of nitrogens with one attached hydrogen (secondary N) is 1. The van der Waals surface area contributed by atoms with Crippen LogP contribution in [0, 0.1) is 6.92 Å². The first-order valence-corrected chi connectivity index (χ1v) is 7.03. The zero-order chi connectivity index (χ0) is 15.0. The van der Waals surface area contributed by atoms with Crippen molar-refractivity contribution in [2.75, 3.05) is 0 Å². The van der Waals surface area contributed by atoms with E-state index in [1.54, 1.807) is 23.6 Å². The molecule has 2 atom stereocenters. The summed E-state index contributed by atoms with van der Waals surface area (Å²) in [5.41, 5.74) is 1.57. The lowest BCUT2D eigenvalue weighted by molar-refractivity contribution is -0.149. The minimum absolute atomic E-state index is 0.0704. The summed E-state index contributed by atoms with van der Waals surface area (Å²) < 4.78 is 1.57. The fourth-order valence-electron chi connectivity index (χ4n) is 2.40. The van der Waals surface area contributed by atoms with Gasteiger partial charge in [0.2, 0.25) is 11.8 Å². The summed E-state index contributed by atoms with van der Waals surface area (Å²) in [7, 11) is 1.75. The van der Waals surface area contributed by atoms with Gasteiger partial charge < -0.3 is 10.2 Å². The molecule has 1 saturated heterocycles. The van der Waals surface area contributed by atoms with Crippen LogP contribution in [-0.2, 0) is 23.2 Å². The van der Waals surface area contributed by atoms with Crippen molar-refractivity contribution in [2.45, 2.75) is 45.8 Å². The second-order valence-corrected chi connectivity index (χ2v) is 5.45. The van der Waals surface area contributed by atoms with Crippen LogP contribution in [0.4, 0.5) is 0 Å². The van der Waals surface area contributed by atoms with Crippen LogP contribution in [0.1, 0.15) is 31.5 Å². The number of halogens is 1. The number of hydrogen-bond donors (Lipinski definition) is 1. The standard InChI is InChI=1S/C13H19ClN4O2/c1-5-10-13(20)18(8(3)12(19)15-10)6-9-7(2)16-17(4)11(9)14/h8,10H,5-6H2,1-4H3,(H,15,19). The monoisotopic (exact) mass is 298 g/mol. The number of amides is 2. The van der Waals surface area contributed by atoms with Gasteiger partial charge in [-0.15, -0.1) is 0 Å². The molecule has 7 heteroatoms. The van der Waals surface area contributed by atoms with Crippen molar-refractivity contribution in [3.63, 3.8) is 0 Å². The third-order valence-electron chi connectivity index (χ3n) is 3.75. The first-order chi connectivity index (χ1) is 9.36. The molecule has 1 aromatic rings. The second kappa shape index (κ2) is 5.44. The van der Waals surface area contributed by atoms with E-state index in [1.165, 1.54) is 0 Å². The Kier molecular flexibility index (Phi) is 4.04. The zero-order valence-electron chi connectivity index (χ0n) is 12.1. The molecule has 1 aliphatic heterocycles. The molecule has 2 heterocycles. The Balaban J connectivity index is 2.30. The highest BCUT2D eigenvalue weighted by Gasteiger charge is 2.37. The molecule has 0 aromatic carbocycles. The van der Waals surface area contributed by atoms with E-state index in [-0.39, 0.29) is 11.8 Å². The number of aromatic nitrogens is 2. The molecule has 2 amide bonds. The Bertz CT molecular complexity index is 555. The van der Waals surface area contributed by atoms with Crippen molar-refractivity contribution < 1.29 is 9.59 Å². The number of rotatable bonds is 3. The number of carbonyl (C=O) groups is 2. The van der Waals surface area contributed by atoms with Crippen LogP contribution in [0.3, 0.4) is 0 Å². The number of aryl methyl sites for hydroxylation is 2. The Hall–Kier alpha value is -1.56. The topological polar surface area (TPSA) is 67.2 Å². The van der Waals surface area contributed by atoms with Crippen molar-refractivity contribution >= 4 is 23.4 Å². The minimum atomic E-state index is -0.499. The second-order valence-electron chi connectivity index (χ2n) is 5.09. The lowest BCUT2D eigenvalue weighted by Crippen LogP contribution is -2.61. The van der Waals surface area contributed by atoms with Gasteiger partial charge in [-0.1, -0.05) is 18.5 Å². The van der Waals surface area contributed by atoms with E-state index in [1.807, 2.05) is 13.8 Å². The van der Waals surface area contributed by atoms with Crippen LogP contribution in [0.25, 0.3) is 0 Å². The number of nitrogens with zero attached hydrogens (tertiary/aromatic N) is 3. The minimum Gasteiger partial charge on any atom is -0.343 e. The molecular formula is C13H19ClN4O2. The van der Waals surface area contributed by atoms with Gasteiger partial charge in [-0.25, -0.2) is 0 Å². The molecule has 1 N–H and O–H groups in total. The normalized spacial score (nSPS) is 23.1. The third-order valence-corrected chi connectivity index (χ3v) is 4.22. The van der Waals surface area contributed by atoms with Crippen LogP contribution < -0.4 is 5.32 Å². The van der Waals surface area contributed by atoms with Crippen molar-refractivity contribution in [3.8, 4) is 0 Å². The van der Waals surface area contributed by atoms with E-state index in [4.69, 9.17) is 11.6 Å². The maximum Gasteiger partial charge on any atom is 0.246 e. The van der Waals surface area contributed by atoms with E-state index < -0.39 is 12.1 Å². The van der Waals surface area contributed by atoms with E-state index in [0.29, 0.717) is 18.1 Å². The third kappa shape index (κ3) is 2.40. The predicted octanol–water partition coefficient (Wildman–Crippen LogP) is 1.01. The molecule has 0 radical (unpaired) electrons. The van der Waals surface area contributed by atoms with Gasteiger partial charge in [-0.3, -0.25) is 14.3 Å². The molecular weight excluding hydrogens is 280 g/mol. The van der Waals surface area contributed by atoms with Gasteiger partial charge in [-0.2, -0.15) is 5.10 Å². The molecule has 0 spiro atoms. The number of hydrogen-bond acceptors (Lipinski definition) is 3. The van der Waals surface area contributed by atoms with Crippen molar-refractivity contribution in [3.05, 3.63) is 16.4 Å². The highest BCUT2D eigenvalue weighted by Crippen LogP contribution is 2.23. The summed E-state index contributed by atoms with van der Waals surface area (Å²) in [6, 6.07) is -0.949. The van der Waals surface area contributed by atoms with E-state index in [9.17, 15) is 9.59 Å². The molecule has 20 heavy (non-hydrogen) atoms. The highest BCUT2D eigenvalue weighted by atomic mass is 35.5. The molecule has 6 nitrogen and oxygen atoms in total. The van der Waals surface area contributed by atoms with Gasteiger partial charge in [0.25, 0.3) is 0 Å². The first kappa shape index (κ1) is 14.8. The summed E-state index contributed by atoms with van der Waals surface area (Å²) in [5, 5.41) is 7.46. The molecule has 1 aliphatic rings. The maximum absolute atomic E-state index is 12.4. The molecule has 2 rings (SSSR count). The lowest BCUT2D eigenvalue weighted by Gasteiger charge is -2.37. The van der Waals surface area contributed by atoms with Crippen molar-refractivity contribution in [2.24, 2.45) is 7.05 Å². The number of piperazine rings is 1. The van der Waals surface area contributed by atoms with Gasteiger partial charge in [0, 0.05) is 12.6 Å². The van der Waals surface area contributed by atoms with Gasteiger partial charge in [0.1, 0.15) is 17.2 Å².